The van der Waals surface area contributed by atoms with E-state index in [0.717, 1.165) is 0 Å². The van der Waals surface area contributed by atoms with Crippen molar-refractivity contribution in [3.05, 3.63) is 33.7 Å². The lowest BCUT2D eigenvalue weighted by Gasteiger charge is -2.11. The molecule has 0 saturated carbocycles. The second-order valence-electron chi connectivity index (χ2n) is 4.27. The first-order chi connectivity index (χ1) is 9.47. The van der Waals surface area contributed by atoms with Gasteiger partial charge in [0.1, 0.15) is 5.58 Å². The minimum absolute atomic E-state index is 0.260. The Kier molecular flexibility index (Phi) is 3.65. The van der Waals surface area contributed by atoms with Crippen LogP contribution < -0.4 is 15.1 Å². The summed E-state index contributed by atoms with van der Waals surface area (Å²) in [5.74, 6) is -0.164. The van der Waals surface area contributed by atoms with Gasteiger partial charge in [0.2, 0.25) is 0 Å². The van der Waals surface area contributed by atoms with Crippen molar-refractivity contribution in [3.63, 3.8) is 0 Å². The highest BCUT2D eigenvalue weighted by Gasteiger charge is 2.17. The first-order valence-corrected chi connectivity index (χ1v) is 5.88. The van der Waals surface area contributed by atoms with Crippen LogP contribution in [-0.2, 0) is 11.2 Å². The molecule has 0 fully saturated rings. The van der Waals surface area contributed by atoms with E-state index in [9.17, 15) is 9.59 Å². The van der Waals surface area contributed by atoms with Gasteiger partial charge in [-0.3, -0.25) is 4.79 Å². The molecule has 2 aromatic rings. The minimum atomic E-state index is -1.02. The molecule has 0 unspecified atom stereocenters. The Hall–Kier alpha value is -2.50. The summed E-state index contributed by atoms with van der Waals surface area (Å²) in [5.41, 5.74) is 0.423. The molecule has 6 nitrogen and oxygen atoms in total. The van der Waals surface area contributed by atoms with Crippen molar-refractivity contribution >= 4 is 16.9 Å². The van der Waals surface area contributed by atoms with Crippen molar-refractivity contribution in [1.29, 1.82) is 0 Å². The van der Waals surface area contributed by atoms with Crippen LogP contribution in [0.3, 0.4) is 0 Å². The topological polar surface area (TPSA) is 86.0 Å². The van der Waals surface area contributed by atoms with E-state index in [1.54, 1.807) is 13.0 Å². The predicted octanol–water partition coefficient (Wildman–Crippen LogP) is 1.75. The summed E-state index contributed by atoms with van der Waals surface area (Å²) in [4.78, 5) is 22.7. The number of methoxy groups -OCH3 is 2. The lowest BCUT2D eigenvalue weighted by atomic mass is 10.0. The number of carboxylic acid groups (broad SMARTS) is 1. The summed E-state index contributed by atoms with van der Waals surface area (Å²) in [6.07, 6.45) is -0.260. The second kappa shape index (κ2) is 5.24. The average molecular weight is 278 g/mol. The zero-order valence-electron chi connectivity index (χ0n) is 11.4. The lowest BCUT2D eigenvalue weighted by Crippen LogP contribution is -2.11. The Morgan fingerprint density at radius 2 is 1.85 bits per heavy atom. The van der Waals surface area contributed by atoms with Crippen LogP contribution in [0.2, 0.25) is 0 Å². The number of rotatable bonds is 4. The van der Waals surface area contributed by atoms with Crippen molar-refractivity contribution < 1.29 is 23.8 Å². The molecule has 6 heteroatoms. The molecule has 0 radical (unpaired) electrons. The van der Waals surface area contributed by atoms with Gasteiger partial charge in [-0.1, -0.05) is 0 Å². The summed E-state index contributed by atoms with van der Waals surface area (Å²) in [6, 6.07) is 3.13. The maximum absolute atomic E-state index is 11.8. The molecule has 0 atom stereocenters. The van der Waals surface area contributed by atoms with Crippen LogP contribution in [0.4, 0.5) is 0 Å². The van der Waals surface area contributed by atoms with Crippen molar-refractivity contribution in [1.82, 2.24) is 0 Å². The molecule has 0 saturated heterocycles. The van der Waals surface area contributed by atoms with Crippen molar-refractivity contribution in [3.8, 4) is 11.5 Å². The fraction of sp³-hybridized carbons (Fsp3) is 0.286. The van der Waals surface area contributed by atoms with E-state index in [-0.39, 0.29) is 17.6 Å². The number of fused-ring (bicyclic) bond motifs is 1. The Morgan fingerprint density at radius 1 is 1.25 bits per heavy atom. The molecule has 0 aliphatic rings. The van der Waals surface area contributed by atoms with Gasteiger partial charge < -0.3 is 19.0 Å². The maximum atomic E-state index is 11.8. The molecular weight excluding hydrogens is 264 g/mol. The van der Waals surface area contributed by atoms with Crippen LogP contribution in [0, 0.1) is 6.92 Å². The fourth-order valence-electron chi connectivity index (χ4n) is 2.06. The predicted molar refractivity (Wildman–Crippen MR) is 71.7 cm³/mol. The molecule has 1 N–H and O–H groups in total. The third kappa shape index (κ3) is 2.32. The van der Waals surface area contributed by atoms with E-state index < -0.39 is 11.6 Å². The number of ether oxygens (including phenoxy) is 2. The molecule has 0 spiro atoms. The van der Waals surface area contributed by atoms with Crippen LogP contribution in [0.1, 0.15) is 11.1 Å². The monoisotopic (exact) mass is 278 g/mol. The zero-order chi connectivity index (χ0) is 14.9. The third-order valence-electron chi connectivity index (χ3n) is 3.10. The summed E-state index contributed by atoms with van der Waals surface area (Å²) in [5, 5.41) is 9.51. The quantitative estimate of drug-likeness (QED) is 0.857. The maximum Gasteiger partial charge on any atom is 0.339 e. The normalized spacial score (nSPS) is 10.6. The minimum Gasteiger partial charge on any atom is -0.493 e. The molecule has 2 rings (SSSR count). The number of aliphatic carboxylic acids is 1. The number of hydrogen-bond donors (Lipinski definition) is 1. The Morgan fingerprint density at radius 3 is 2.40 bits per heavy atom. The molecule has 0 aliphatic heterocycles. The summed E-state index contributed by atoms with van der Waals surface area (Å²) in [6.45, 7) is 1.54. The number of carboxylic acids is 1. The van der Waals surface area contributed by atoms with Crippen molar-refractivity contribution in [2.45, 2.75) is 13.3 Å². The summed E-state index contributed by atoms with van der Waals surface area (Å²) >= 11 is 0. The molecule has 1 aromatic carbocycles. The van der Waals surface area contributed by atoms with Crippen LogP contribution in [0.15, 0.2) is 21.3 Å². The van der Waals surface area contributed by atoms with Gasteiger partial charge in [0, 0.05) is 17.0 Å². The second-order valence-corrected chi connectivity index (χ2v) is 4.27. The Balaban J connectivity index is 2.84. The molecule has 0 bridgehead atoms. The molecule has 106 valence electrons. The Labute approximate surface area is 114 Å². The van der Waals surface area contributed by atoms with Gasteiger partial charge >= 0.3 is 11.6 Å². The van der Waals surface area contributed by atoms with Crippen molar-refractivity contribution in [2.24, 2.45) is 0 Å². The van der Waals surface area contributed by atoms with Crippen LogP contribution in [0.25, 0.3) is 11.0 Å². The molecular formula is C14H14O6. The average Bonchev–Trinajstić information content (AvgIpc) is 2.42. The largest absolute Gasteiger partial charge is 0.493 e. The lowest BCUT2D eigenvalue weighted by molar-refractivity contribution is -0.136. The van der Waals surface area contributed by atoms with E-state index >= 15 is 0 Å². The standard InChI is InChI=1S/C14H14O6/c1-7-8(5-13(15)16)9-4-11(18-2)12(19-3)6-10(9)20-14(7)17/h4,6H,5H2,1-3H3,(H,15,16). The van der Waals surface area contributed by atoms with Gasteiger partial charge in [-0.25, -0.2) is 4.79 Å². The number of hydrogen-bond acceptors (Lipinski definition) is 5. The number of carbonyl (C=O) groups is 1. The SMILES string of the molecule is COc1cc2oc(=O)c(C)c(CC(=O)O)c2cc1OC. The van der Waals surface area contributed by atoms with Crippen LogP contribution >= 0.6 is 0 Å². The molecule has 0 amide bonds. The van der Waals surface area contributed by atoms with E-state index in [4.69, 9.17) is 19.0 Å². The van der Waals surface area contributed by atoms with E-state index in [2.05, 4.69) is 0 Å². The number of benzene rings is 1. The van der Waals surface area contributed by atoms with Crippen LogP contribution in [-0.4, -0.2) is 25.3 Å². The van der Waals surface area contributed by atoms with E-state index in [1.807, 2.05) is 0 Å². The van der Waals surface area contributed by atoms with Crippen molar-refractivity contribution in [2.75, 3.05) is 14.2 Å². The van der Waals surface area contributed by atoms with Gasteiger partial charge in [-0.05, 0) is 18.6 Å². The first-order valence-electron chi connectivity index (χ1n) is 5.88. The summed E-state index contributed by atoms with van der Waals surface area (Å²) in [7, 11) is 2.95. The van der Waals surface area contributed by atoms with E-state index in [1.165, 1.54) is 20.3 Å². The van der Waals surface area contributed by atoms with E-state index in [0.29, 0.717) is 22.4 Å². The highest BCUT2D eigenvalue weighted by atomic mass is 16.5. The van der Waals surface area contributed by atoms with Gasteiger partial charge in [-0.2, -0.15) is 0 Å². The van der Waals surface area contributed by atoms with Gasteiger partial charge in [0.05, 0.1) is 20.6 Å². The fourth-order valence-corrected chi connectivity index (χ4v) is 2.06. The zero-order valence-corrected chi connectivity index (χ0v) is 11.4. The van der Waals surface area contributed by atoms with Gasteiger partial charge in [0.15, 0.2) is 11.5 Å². The molecule has 1 aromatic heterocycles. The van der Waals surface area contributed by atoms with Crippen LogP contribution in [0.5, 0.6) is 11.5 Å². The van der Waals surface area contributed by atoms with Gasteiger partial charge in [-0.15, -0.1) is 0 Å². The first kappa shape index (κ1) is 13.9. The summed E-state index contributed by atoms with van der Waals surface area (Å²) < 4.78 is 15.5. The smallest absolute Gasteiger partial charge is 0.339 e. The Bertz CT molecular complexity index is 729. The molecule has 20 heavy (non-hydrogen) atoms. The van der Waals surface area contributed by atoms with Gasteiger partial charge in [0.25, 0.3) is 0 Å². The molecule has 0 aliphatic carbocycles. The third-order valence-corrected chi connectivity index (χ3v) is 3.10. The molecule has 1 heterocycles. The highest BCUT2D eigenvalue weighted by molar-refractivity contribution is 5.88. The highest BCUT2D eigenvalue weighted by Crippen LogP contribution is 2.33.